The highest BCUT2D eigenvalue weighted by Gasteiger charge is 2.40. The number of sulfone groups is 1. The number of hydrogen-bond donors (Lipinski definition) is 3. The molecule has 0 atom stereocenters. The smallest absolute Gasteiger partial charge is 0.187 e. The summed E-state index contributed by atoms with van der Waals surface area (Å²) in [5.74, 6) is 0.106. The molecule has 8 heteroatoms. The van der Waals surface area contributed by atoms with Crippen LogP contribution in [0.25, 0.3) is 0 Å². The van der Waals surface area contributed by atoms with Gasteiger partial charge >= 0.3 is 0 Å². The van der Waals surface area contributed by atoms with E-state index >= 15 is 0 Å². The standard InChI is InChI=1S/C11H19N3O3S2/c12-10-9(19(16,17)8-4-5-8)11(18-14-10)13-6-2-1-3-7-15/h8,13,15H,1-7H2,(H2,12,14). The van der Waals surface area contributed by atoms with E-state index in [-0.39, 0.29) is 22.6 Å². The molecule has 0 spiro atoms. The Morgan fingerprint density at radius 1 is 1.37 bits per heavy atom. The van der Waals surface area contributed by atoms with Crippen LogP contribution in [0.3, 0.4) is 0 Å². The van der Waals surface area contributed by atoms with E-state index < -0.39 is 9.84 Å². The molecular weight excluding hydrogens is 286 g/mol. The Bertz CT molecular complexity index is 523. The van der Waals surface area contributed by atoms with Crippen LogP contribution in [0.15, 0.2) is 4.90 Å². The van der Waals surface area contributed by atoms with Crippen LogP contribution >= 0.6 is 11.5 Å². The molecule has 1 fully saturated rings. The van der Waals surface area contributed by atoms with Crippen molar-refractivity contribution in [1.29, 1.82) is 0 Å². The van der Waals surface area contributed by atoms with Crippen LogP contribution in [0, 0.1) is 0 Å². The first-order valence-corrected chi connectivity index (χ1v) is 8.73. The largest absolute Gasteiger partial charge is 0.396 e. The average Bonchev–Trinajstić information content (AvgIpc) is 3.15. The summed E-state index contributed by atoms with van der Waals surface area (Å²) in [5, 5.41) is 12.1. The van der Waals surface area contributed by atoms with E-state index in [2.05, 4.69) is 9.69 Å². The molecule has 0 unspecified atom stereocenters. The Hall–Kier alpha value is -0.860. The summed E-state index contributed by atoms with van der Waals surface area (Å²) in [6.45, 7) is 0.851. The van der Waals surface area contributed by atoms with Crippen LogP contribution in [-0.2, 0) is 9.84 Å². The van der Waals surface area contributed by atoms with Crippen molar-refractivity contribution in [1.82, 2.24) is 4.37 Å². The van der Waals surface area contributed by atoms with Crippen LogP contribution in [0.5, 0.6) is 0 Å². The molecule has 1 aromatic heterocycles. The second kappa shape index (κ2) is 6.06. The quantitative estimate of drug-likeness (QED) is 0.624. The van der Waals surface area contributed by atoms with Crippen LogP contribution < -0.4 is 11.1 Å². The first-order chi connectivity index (χ1) is 9.07. The fraction of sp³-hybridized carbons (Fsp3) is 0.727. The van der Waals surface area contributed by atoms with Crippen molar-refractivity contribution in [3.63, 3.8) is 0 Å². The second-order valence-electron chi connectivity index (χ2n) is 4.68. The summed E-state index contributed by atoms with van der Waals surface area (Å²) in [6.07, 6.45) is 3.98. The fourth-order valence-corrected chi connectivity index (χ4v) is 4.75. The van der Waals surface area contributed by atoms with E-state index in [0.717, 1.165) is 30.8 Å². The molecule has 1 aliphatic rings. The molecule has 0 bridgehead atoms. The van der Waals surface area contributed by atoms with Crippen LogP contribution in [-0.4, -0.2) is 36.3 Å². The van der Waals surface area contributed by atoms with Gasteiger partial charge in [0.05, 0.1) is 5.25 Å². The van der Waals surface area contributed by atoms with Gasteiger partial charge in [-0.25, -0.2) is 8.42 Å². The maximum Gasteiger partial charge on any atom is 0.187 e. The van der Waals surface area contributed by atoms with Gasteiger partial charge < -0.3 is 16.2 Å². The summed E-state index contributed by atoms with van der Waals surface area (Å²) in [6, 6.07) is 0. The highest BCUT2D eigenvalue weighted by molar-refractivity contribution is 7.92. The van der Waals surface area contributed by atoms with Gasteiger partial charge in [-0.1, -0.05) is 0 Å². The average molecular weight is 305 g/mol. The van der Waals surface area contributed by atoms with Gasteiger partial charge in [0, 0.05) is 13.2 Å². The van der Waals surface area contributed by atoms with Crippen molar-refractivity contribution in [2.24, 2.45) is 0 Å². The number of nitrogens with one attached hydrogen (secondary N) is 1. The number of unbranched alkanes of at least 4 members (excludes halogenated alkanes) is 2. The van der Waals surface area contributed by atoms with E-state index in [1.807, 2.05) is 0 Å². The highest BCUT2D eigenvalue weighted by atomic mass is 32.2. The molecule has 0 aromatic carbocycles. The number of aliphatic hydroxyl groups is 1. The van der Waals surface area contributed by atoms with Gasteiger partial charge in [-0.15, -0.1) is 0 Å². The minimum Gasteiger partial charge on any atom is -0.396 e. The van der Waals surface area contributed by atoms with E-state index in [1.54, 1.807) is 0 Å². The summed E-state index contributed by atoms with van der Waals surface area (Å²) >= 11 is 1.10. The minimum atomic E-state index is -3.31. The lowest BCUT2D eigenvalue weighted by Crippen LogP contribution is -2.12. The Kier molecular flexibility index (Phi) is 4.64. The van der Waals surface area contributed by atoms with Crippen molar-refractivity contribution in [2.75, 3.05) is 24.2 Å². The topological polar surface area (TPSA) is 105 Å². The molecule has 0 radical (unpaired) electrons. The molecular formula is C11H19N3O3S2. The highest BCUT2D eigenvalue weighted by Crippen LogP contribution is 2.40. The lowest BCUT2D eigenvalue weighted by molar-refractivity contribution is 0.283. The van der Waals surface area contributed by atoms with Crippen molar-refractivity contribution >= 4 is 32.2 Å². The summed E-state index contributed by atoms with van der Waals surface area (Å²) in [7, 11) is -3.31. The van der Waals surface area contributed by atoms with Gasteiger partial charge in [-0.05, 0) is 43.6 Å². The number of nitrogens with zero attached hydrogens (tertiary/aromatic N) is 1. The Morgan fingerprint density at radius 3 is 2.74 bits per heavy atom. The number of anilines is 2. The first kappa shape index (κ1) is 14.5. The fourth-order valence-electron chi connectivity index (χ4n) is 1.84. The molecule has 0 amide bonds. The summed E-state index contributed by atoms with van der Waals surface area (Å²) in [4.78, 5) is 0.183. The van der Waals surface area contributed by atoms with Crippen molar-refractivity contribution < 1.29 is 13.5 Å². The van der Waals surface area contributed by atoms with E-state index in [1.165, 1.54) is 0 Å². The molecule has 19 heavy (non-hydrogen) atoms. The minimum absolute atomic E-state index is 0.106. The van der Waals surface area contributed by atoms with E-state index in [9.17, 15) is 8.42 Å². The van der Waals surface area contributed by atoms with Gasteiger partial charge in [0.25, 0.3) is 0 Å². The lowest BCUT2D eigenvalue weighted by atomic mass is 10.2. The third-order valence-corrected chi connectivity index (χ3v) is 6.32. The second-order valence-corrected chi connectivity index (χ2v) is 7.62. The first-order valence-electron chi connectivity index (χ1n) is 6.41. The Balaban J connectivity index is 2.02. The lowest BCUT2D eigenvalue weighted by Gasteiger charge is -2.07. The maximum atomic E-state index is 12.2. The monoisotopic (exact) mass is 305 g/mol. The zero-order valence-electron chi connectivity index (χ0n) is 10.6. The van der Waals surface area contributed by atoms with Crippen LogP contribution in [0.4, 0.5) is 10.8 Å². The van der Waals surface area contributed by atoms with E-state index in [0.29, 0.717) is 24.4 Å². The number of aliphatic hydroxyl groups excluding tert-OH is 1. The number of nitrogens with two attached hydrogens (primary N) is 1. The molecule has 2 rings (SSSR count). The van der Waals surface area contributed by atoms with Gasteiger partial charge in [0.15, 0.2) is 15.7 Å². The molecule has 1 aliphatic carbocycles. The maximum absolute atomic E-state index is 12.2. The SMILES string of the molecule is Nc1nsc(NCCCCCO)c1S(=O)(=O)C1CC1. The number of aromatic nitrogens is 1. The van der Waals surface area contributed by atoms with Crippen molar-refractivity contribution in [3.05, 3.63) is 0 Å². The third kappa shape index (κ3) is 3.37. The molecule has 1 aromatic rings. The van der Waals surface area contributed by atoms with Gasteiger partial charge in [0.2, 0.25) is 0 Å². The molecule has 4 N–H and O–H groups in total. The van der Waals surface area contributed by atoms with Gasteiger partial charge in [0.1, 0.15) is 9.90 Å². The zero-order chi connectivity index (χ0) is 13.9. The van der Waals surface area contributed by atoms with Gasteiger partial charge in [-0.3, -0.25) is 0 Å². The predicted molar refractivity (Wildman–Crippen MR) is 76.2 cm³/mol. The Morgan fingerprint density at radius 2 is 2.11 bits per heavy atom. The number of hydrogen-bond acceptors (Lipinski definition) is 7. The molecule has 1 saturated carbocycles. The summed E-state index contributed by atoms with van der Waals surface area (Å²) < 4.78 is 28.4. The summed E-state index contributed by atoms with van der Waals surface area (Å²) in [5.41, 5.74) is 5.69. The Labute approximate surface area is 117 Å². The van der Waals surface area contributed by atoms with Gasteiger partial charge in [-0.2, -0.15) is 4.37 Å². The number of nitrogen functional groups attached to an aromatic ring is 1. The van der Waals surface area contributed by atoms with Crippen LogP contribution in [0.1, 0.15) is 32.1 Å². The van der Waals surface area contributed by atoms with E-state index in [4.69, 9.17) is 10.8 Å². The van der Waals surface area contributed by atoms with Crippen LogP contribution in [0.2, 0.25) is 0 Å². The molecule has 6 nitrogen and oxygen atoms in total. The predicted octanol–water partition coefficient (Wildman–Crippen LogP) is 1.24. The molecule has 108 valence electrons. The zero-order valence-corrected chi connectivity index (χ0v) is 12.3. The van der Waals surface area contributed by atoms with Crippen molar-refractivity contribution in [3.8, 4) is 0 Å². The molecule has 0 aliphatic heterocycles. The van der Waals surface area contributed by atoms with Crippen molar-refractivity contribution in [2.45, 2.75) is 42.2 Å². The third-order valence-electron chi connectivity index (χ3n) is 3.04. The molecule has 0 saturated heterocycles. The normalized spacial score (nSPS) is 15.6. The molecule has 1 heterocycles. The number of rotatable bonds is 8.